The van der Waals surface area contributed by atoms with E-state index in [1.54, 1.807) is 0 Å². The highest BCUT2D eigenvalue weighted by Crippen LogP contribution is 2.16. The van der Waals surface area contributed by atoms with E-state index >= 15 is 0 Å². The molecule has 0 aliphatic heterocycles. The average Bonchev–Trinajstić information content (AvgIpc) is 2.52. The molecule has 0 aromatic heterocycles. The number of carbonyl (C=O) groups is 1. The standard InChI is InChI=1S/C16H25BrN2O3/c17-14-5-7-15(8-6-14)22-12-2-1-10-19-16(20)4-3-11-21-13-9-18/h5-8H,1-4,9-13,18H2,(H,19,20). The monoisotopic (exact) mass is 372 g/mol. The van der Waals surface area contributed by atoms with Crippen LogP contribution in [0.2, 0.25) is 0 Å². The van der Waals surface area contributed by atoms with Gasteiger partial charge in [0.1, 0.15) is 5.75 Å². The van der Waals surface area contributed by atoms with Gasteiger partial charge >= 0.3 is 0 Å². The minimum atomic E-state index is 0.0742. The molecule has 0 unspecified atom stereocenters. The van der Waals surface area contributed by atoms with Crippen LogP contribution in [0.25, 0.3) is 0 Å². The first-order valence-electron chi connectivity index (χ1n) is 7.65. The largest absolute Gasteiger partial charge is 0.494 e. The predicted octanol–water partition coefficient (Wildman–Crippen LogP) is 2.48. The zero-order valence-corrected chi connectivity index (χ0v) is 14.4. The molecular weight excluding hydrogens is 348 g/mol. The molecule has 1 aromatic rings. The Hall–Kier alpha value is -1.11. The van der Waals surface area contributed by atoms with Gasteiger partial charge < -0.3 is 20.5 Å². The third-order valence-electron chi connectivity index (χ3n) is 2.93. The van der Waals surface area contributed by atoms with Gasteiger partial charge in [-0.15, -0.1) is 0 Å². The van der Waals surface area contributed by atoms with Gasteiger partial charge in [0.05, 0.1) is 13.2 Å². The van der Waals surface area contributed by atoms with Crippen LogP contribution in [0, 0.1) is 0 Å². The van der Waals surface area contributed by atoms with Gasteiger partial charge in [-0.1, -0.05) is 15.9 Å². The Morgan fingerprint density at radius 2 is 1.86 bits per heavy atom. The van der Waals surface area contributed by atoms with E-state index in [9.17, 15) is 4.79 Å². The Morgan fingerprint density at radius 1 is 1.09 bits per heavy atom. The number of amides is 1. The predicted molar refractivity (Wildman–Crippen MR) is 91.0 cm³/mol. The van der Waals surface area contributed by atoms with Crippen molar-refractivity contribution in [2.24, 2.45) is 5.73 Å². The van der Waals surface area contributed by atoms with Crippen LogP contribution in [-0.4, -0.2) is 38.8 Å². The minimum absolute atomic E-state index is 0.0742. The van der Waals surface area contributed by atoms with E-state index in [0.29, 0.717) is 39.3 Å². The van der Waals surface area contributed by atoms with Crippen molar-refractivity contribution in [1.29, 1.82) is 0 Å². The van der Waals surface area contributed by atoms with Crippen LogP contribution in [0.3, 0.4) is 0 Å². The van der Waals surface area contributed by atoms with Gasteiger partial charge in [0.25, 0.3) is 0 Å². The van der Waals surface area contributed by atoms with Crippen LogP contribution >= 0.6 is 15.9 Å². The second-order valence-electron chi connectivity index (χ2n) is 4.86. The lowest BCUT2D eigenvalue weighted by molar-refractivity contribution is -0.121. The second-order valence-corrected chi connectivity index (χ2v) is 5.78. The van der Waals surface area contributed by atoms with Crippen LogP contribution in [0.1, 0.15) is 25.7 Å². The summed E-state index contributed by atoms with van der Waals surface area (Å²) in [4.78, 5) is 11.5. The maximum atomic E-state index is 11.5. The summed E-state index contributed by atoms with van der Waals surface area (Å²) in [6.45, 7) is 3.01. The van der Waals surface area contributed by atoms with E-state index in [0.717, 1.165) is 29.5 Å². The normalized spacial score (nSPS) is 10.5. The molecule has 22 heavy (non-hydrogen) atoms. The number of nitrogens with two attached hydrogens (primary N) is 1. The van der Waals surface area contributed by atoms with Gasteiger partial charge in [-0.25, -0.2) is 0 Å². The van der Waals surface area contributed by atoms with E-state index in [2.05, 4.69) is 21.2 Å². The van der Waals surface area contributed by atoms with E-state index in [1.807, 2.05) is 24.3 Å². The smallest absolute Gasteiger partial charge is 0.220 e. The number of unbranched alkanes of at least 4 members (excludes halogenated alkanes) is 1. The average molecular weight is 373 g/mol. The minimum Gasteiger partial charge on any atom is -0.494 e. The highest BCUT2D eigenvalue weighted by Gasteiger charge is 2.00. The Morgan fingerprint density at radius 3 is 2.59 bits per heavy atom. The highest BCUT2D eigenvalue weighted by molar-refractivity contribution is 9.10. The summed E-state index contributed by atoms with van der Waals surface area (Å²) in [5.41, 5.74) is 5.30. The molecule has 124 valence electrons. The first-order chi connectivity index (χ1) is 10.7. The zero-order valence-electron chi connectivity index (χ0n) is 12.9. The lowest BCUT2D eigenvalue weighted by Crippen LogP contribution is -2.24. The molecule has 0 saturated carbocycles. The van der Waals surface area contributed by atoms with Crippen molar-refractivity contribution in [1.82, 2.24) is 5.32 Å². The molecule has 0 aliphatic rings. The van der Waals surface area contributed by atoms with E-state index in [-0.39, 0.29) is 5.91 Å². The molecule has 0 spiro atoms. The van der Waals surface area contributed by atoms with Crippen molar-refractivity contribution in [2.45, 2.75) is 25.7 Å². The van der Waals surface area contributed by atoms with Gasteiger partial charge in [-0.05, 0) is 43.5 Å². The van der Waals surface area contributed by atoms with E-state index < -0.39 is 0 Å². The first-order valence-corrected chi connectivity index (χ1v) is 8.44. The van der Waals surface area contributed by atoms with Gasteiger partial charge in [0.2, 0.25) is 5.91 Å². The second kappa shape index (κ2) is 12.4. The Bertz CT molecular complexity index is 412. The van der Waals surface area contributed by atoms with Gasteiger partial charge in [0, 0.05) is 30.6 Å². The number of ether oxygens (including phenoxy) is 2. The number of nitrogens with one attached hydrogen (secondary N) is 1. The van der Waals surface area contributed by atoms with Crippen molar-refractivity contribution in [3.05, 3.63) is 28.7 Å². The molecular formula is C16H25BrN2O3. The third kappa shape index (κ3) is 9.76. The lowest BCUT2D eigenvalue weighted by Gasteiger charge is -2.07. The fourth-order valence-corrected chi connectivity index (χ4v) is 2.05. The number of hydrogen-bond acceptors (Lipinski definition) is 4. The fraction of sp³-hybridized carbons (Fsp3) is 0.562. The number of benzene rings is 1. The SMILES string of the molecule is NCCOCCCC(=O)NCCCCOc1ccc(Br)cc1. The lowest BCUT2D eigenvalue weighted by atomic mass is 10.3. The molecule has 0 atom stereocenters. The van der Waals surface area contributed by atoms with E-state index in [4.69, 9.17) is 15.2 Å². The number of carbonyl (C=O) groups excluding carboxylic acids is 1. The summed E-state index contributed by atoms with van der Waals surface area (Å²) < 4.78 is 11.9. The summed E-state index contributed by atoms with van der Waals surface area (Å²) in [5.74, 6) is 0.940. The maximum absolute atomic E-state index is 11.5. The van der Waals surface area contributed by atoms with Crippen LogP contribution in [-0.2, 0) is 9.53 Å². The Balaban J connectivity index is 1.92. The first kappa shape index (κ1) is 18.9. The van der Waals surface area contributed by atoms with Gasteiger partial charge in [-0.2, -0.15) is 0 Å². The molecule has 0 aliphatic carbocycles. The third-order valence-corrected chi connectivity index (χ3v) is 3.46. The number of rotatable bonds is 12. The van der Waals surface area contributed by atoms with Gasteiger partial charge in [-0.3, -0.25) is 4.79 Å². The Labute approximate surface area is 140 Å². The molecule has 1 aromatic carbocycles. The van der Waals surface area contributed by atoms with Crippen molar-refractivity contribution in [2.75, 3.05) is 32.9 Å². The summed E-state index contributed by atoms with van der Waals surface area (Å²) in [7, 11) is 0. The Kier molecular flexibility index (Phi) is 10.7. The number of halogens is 1. The van der Waals surface area contributed by atoms with Gasteiger partial charge in [0.15, 0.2) is 0 Å². The van der Waals surface area contributed by atoms with Crippen LogP contribution in [0.15, 0.2) is 28.7 Å². The van der Waals surface area contributed by atoms with Crippen LogP contribution in [0.4, 0.5) is 0 Å². The molecule has 1 amide bonds. The van der Waals surface area contributed by atoms with Crippen molar-refractivity contribution < 1.29 is 14.3 Å². The number of hydrogen-bond donors (Lipinski definition) is 2. The van der Waals surface area contributed by atoms with Crippen molar-refractivity contribution >= 4 is 21.8 Å². The van der Waals surface area contributed by atoms with Crippen molar-refractivity contribution in [3.63, 3.8) is 0 Å². The molecule has 0 heterocycles. The van der Waals surface area contributed by atoms with Crippen LogP contribution in [0.5, 0.6) is 5.75 Å². The van der Waals surface area contributed by atoms with Crippen LogP contribution < -0.4 is 15.8 Å². The molecule has 1 rings (SSSR count). The molecule has 0 fully saturated rings. The van der Waals surface area contributed by atoms with E-state index in [1.165, 1.54) is 0 Å². The summed E-state index contributed by atoms with van der Waals surface area (Å²) in [5, 5.41) is 2.90. The fourth-order valence-electron chi connectivity index (χ4n) is 1.78. The molecule has 3 N–H and O–H groups in total. The maximum Gasteiger partial charge on any atom is 0.220 e. The molecule has 6 heteroatoms. The van der Waals surface area contributed by atoms with Crippen molar-refractivity contribution in [3.8, 4) is 5.75 Å². The zero-order chi connectivity index (χ0) is 16.0. The quantitative estimate of drug-likeness (QED) is 0.552. The topological polar surface area (TPSA) is 73.6 Å². The molecule has 5 nitrogen and oxygen atoms in total. The summed E-state index contributed by atoms with van der Waals surface area (Å²) in [6.07, 6.45) is 3.06. The molecule has 0 saturated heterocycles. The summed E-state index contributed by atoms with van der Waals surface area (Å²) in [6, 6.07) is 7.76. The summed E-state index contributed by atoms with van der Waals surface area (Å²) >= 11 is 3.38. The molecule has 0 radical (unpaired) electrons. The highest BCUT2D eigenvalue weighted by atomic mass is 79.9. The molecule has 0 bridgehead atoms.